The topological polar surface area (TPSA) is 34.9 Å². The fourth-order valence-corrected chi connectivity index (χ4v) is 1.85. The highest BCUT2D eigenvalue weighted by Crippen LogP contribution is 2.23. The van der Waals surface area contributed by atoms with Gasteiger partial charge < -0.3 is 0 Å². The van der Waals surface area contributed by atoms with Crippen LogP contribution in [0.25, 0.3) is 5.69 Å². The summed E-state index contributed by atoms with van der Waals surface area (Å²) >= 11 is 5.71. The molecule has 1 heterocycles. The summed E-state index contributed by atoms with van der Waals surface area (Å²) in [5, 5.41) is 0.0416. The highest BCUT2D eigenvalue weighted by Gasteiger charge is 2.15. The van der Waals surface area contributed by atoms with E-state index in [9.17, 15) is 9.18 Å². The highest BCUT2D eigenvalue weighted by atomic mass is 35.5. The first-order valence-corrected chi connectivity index (χ1v) is 5.39. The van der Waals surface area contributed by atoms with E-state index in [4.69, 9.17) is 11.6 Å². The van der Waals surface area contributed by atoms with Crippen LogP contribution in [0.5, 0.6) is 0 Å². The molecule has 0 amide bonds. The smallest absolute Gasteiger partial charge is 0.179 e. The molecule has 88 valence electrons. The predicted molar refractivity (Wildman–Crippen MR) is 63.3 cm³/mol. The Balaban J connectivity index is 2.62. The highest BCUT2D eigenvalue weighted by molar-refractivity contribution is 6.30. The quantitative estimate of drug-likeness (QED) is 0.770. The molecule has 0 aliphatic carbocycles. The van der Waals surface area contributed by atoms with Crippen LogP contribution >= 0.6 is 11.6 Å². The normalized spacial score (nSPS) is 10.6. The van der Waals surface area contributed by atoms with Gasteiger partial charge >= 0.3 is 0 Å². The second-order valence-electron chi connectivity index (χ2n) is 3.68. The van der Waals surface area contributed by atoms with Crippen molar-refractivity contribution >= 4 is 17.4 Å². The lowest BCUT2D eigenvalue weighted by Crippen LogP contribution is -2.01. The number of benzene rings is 1. The SMILES string of the molecule is CC(=O)c1ncn(-c2cccc(Cl)c2F)c1C. The van der Waals surface area contributed by atoms with E-state index in [1.807, 2.05) is 0 Å². The van der Waals surface area contributed by atoms with Crippen molar-refractivity contribution in [2.24, 2.45) is 0 Å². The number of nitrogens with zero attached hydrogens (tertiary/aromatic N) is 2. The number of hydrogen-bond acceptors (Lipinski definition) is 2. The second kappa shape index (κ2) is 4.30. The third-order valence-electron chi connectivity index (χ3n) is 2.53. The number of ketones is 1. The zero-order valence-electron chi connectivity index (χ0n) is 9.37. The molecule has 2 rings (SSSR count). The van der Waals surface area contributed by atoms with Crippen LogP contribution in [0.1, 0.15) is 23.1 Å². The van der Waals surface area contributed by atoms with Crippen molar-refractivity contribution in [3.8, 4) is 5.69 Å². The molecule has 17 heavy (non-hydrogen) atoms. The molecule has 1 aromatic heterocycles. The molecule has 2 aromatic rings. The van der Waals surface area contributed by atoms with Gasteiger partial charge in [-0.15, -0.1) is 0 Å². The third-order valence-corrected chi connectivity index (χ3v) is 2.82. The number of rotatable bonds is 2. The van der Waals surface area contributed by atoms with Gasteiger partial charge in [-0.05, 0) is 19.1 Å². The van der Waals surface area contributed by atoms with Crippen LogP contribution in [0, 0.1) is 12.7 Å². The molecule has 3 nitrogen and oxygen atoms in total. The molecular weight excluding hydrogens is 243 g/mol. The van der Waals surface area contributed by atoms with Crippen LogP contribution in [0.3, 0.4) is 0 Å². The number of aromatic nitrogens is 2. The van der Waals surface area contributed by atoms with Gasteiger partial charge in [0.25, 0.3) is 0 Å². The Morgan fingerprint density at radius 3 is 2.76 bits per heavy atom. The molecule has 5 heteroatoms. The Kier molecular flexibility index (Phi) is 2.98. The number of imidazole rings is 1. The van der Waals surface area contributed by atoms with Gasteiger partial charge in [0.15, 0.2) is 11.6 Å². The van der Waals surface area contributed by atoms with Crippen molar-refractivity contribution in [1.82, 2.24) is 9.55 Å². The summed E-state index contributed by atoms with van der Waals surface area (Å²) in [6.45, 7) is 3.14. The van der Waals surface area contributed by atoms with E-state index < -0.39 is 5.82 Å². The molecule has 0 fully saturated rings. The van der Waals surface area contributed by atoms with Crippen molar-refractivity contribution in [1.29, 1.82) is 0 Å². The Morgan fingerprint density at radius 2 is 2.18 bits per heavy atom. The minimum atomic E-state index is -0.523. The predicted octanol–water partition coefficient (Wildman–Crippen LogP) is 3.18. The van der Waals surface area contributed by atoms with E-state index >= 15 is 0 Å². The summed E-state index contributed by atoms with van der Waals surface area (Å²) in [6, 6.07) is 4.70. The van der Waals surface area contributed by atoms with E-state index in [0.717, 1.165) is 0 Å². The van der Waals surface area contributed by atoms with Gasteiger partial charge in [-0.2, -0.15) is 0 Å². The Bertz CT molecular complexity index is 592. The fourth-order valence-electron chi connectivity index (χ4n) is 1.68. The van der Waals surface area contributed by atoms with Crippen molar-refractivity contribution in [2.75, 3.05) is 0 Å². The maximum absolute atomic E-state index is 13.8. The molecule has 0 radical (unpaired) electrons. The third kappa shape index (κ3) is 1.96. The molecule has 1 aromatic carbocycles. The minimum absolute atomic E-state index is 0.0416. The lowest BCUT2D eigenvalue weighted by Gasteiger charge is -2.07. The van der Waals surface area contributed by atoms with Gasteiger partial charge in [0.05, 0.1) is 16.4 Å². The molecule has 0 aliphatic heterocycles. The monoisotopic (exact) mass is 252 g/mol. The second-order valence-corrected chi connectivity index (χ2v) is 4.08. The maximum atomic E-state index is 13.8. The number of carbonyl (C=O) groups excluding carboxylic acids is 1. The first-order valence-electron chi connectivity index (χ1n) is 5.01. The zero-order chi connectivity index (χ0) is 12.6. The number of hydrogen-bond donors (Lipinski definition) is 0. The lowest BCUT2D eigenvalue weighted by molar-refractivity contribution is 0.101. The van der Waals surface area contributed by atoms with Crippen LogP contribution in [0.4, 0.5) is 4.39 Å². The van der Waals surface area contributed by atoms with E-state index in [1.165, 1.54) is 23.9 Å². The van der Waals surface area contributed by atoms with Crippen LogP contribution in [-0.4, -0.2) is 15.3 Å². The molecule has 0 bridgehead atoms. The largest absolute Gasteiger partial charge is 0.300 e. The number of Topliss-reactive ketones (excluding diaryl/α,β-unsaturated/α-hetero) is 1. The van der Waals surface area contributed by atoms with Gasteiger partial charge in [-0.25, -0.2) is 9.37 Å². The van der Waals surface area contributed by atoms with E-state index in [-0.39, 0.29) is 16.5 Å². The number of halogens is 2. The van der Waals surface area contributed by atoms with Crippen LogP contribution < -0.4 is 0 Å². The Hall–Kier alpha value is -1.68. The fraction of sp³-hybridized carbons (Fsp3) is 0.167. The summed E-state index contributed by atoms with van der Waals surface area (Å²) < 4.78 is 15.3. The standard InChI is InChI=1S/C12H10ClFN2O/c1-7-12(8(2)17)15-6-16(7)10-5-3-4-9(13)11(10)14/h3-6H,1-2H3. The average molecular weight is 253 g/mol. The van der Waals surface area contributed by atoms with Crippen molar-refractivity contribution < 1.29 is 9.18 Å². The molecule has 0 N–H and O–H groups in total. The molecule has 0 unspecified atom stereocenters. The van der Waals surface area contributed by atoms with Crippen molar-refractivity contribution in [3.63, 3.8) is 0 Å². The van der Waals surface area contributed by atoms with Gasteiger partial charge in [-0.3, -0.25) is 9.36 Å². The van der Waals surface area contributed by atoms with Gasteiger partial charge in [0.2, 0.25) is 0 Å². The average Bonchev–Trinajstić information content (AvgIpc) is 2.64. The Labute approximate surface area is 103 Å². The summed E-state index contributed by atoms with van der Waals surface area (Å²) in [4.78, 5) is 15.2. The lowest BCUT2D eigenvalue weighted by atomic mass is 10.2. The van der Waals surface area contributed by atoms with Gasteiger partial charge in [0, 0.05) is 6.92 Å². The van der Waals surface area contributed by atoms with E-state index in [0.29, 0.717) is 11.4 Å². The molecule has 0 atom stereocenters. The molecule has 0 saturated carbocycles. The summed E-state index contributed by atoms with van der Waals surface area (Å²) in [5.74, 6) is -0.673. The zero-order valence-corrected chi connectivity index (χ0v) is 10.1. The van der Waals surface area contributed by atoms with Crippen LogP contribution in [0.2, 0.25) is 5.02 Å². The Morgan fingerprint density at radius 1 is 1.47 bits per heavy atom. The van der Waals surface area contributed by atoms with Crippen LogP contribution in [0.15, 0.2) is 24.5 Å². The summed E-state index contributed by atoms with van der Waals surface area (Å²) in [6.07, 6.45) is 1.42. The first kappa shape index (κ1) is 11.8. The van der Waals surface area contributed by atoms with Gasteiger partial charge in [0.1, 0.15) is 12.0 Å². The molecule has 0 spiro atoms. The summed E-state index contributed by atoms with van der Waals surface area (Å²) in [5.41, 5.74) is 1.22. The number of carbonyl (C=O) groups is 1. The van der Waals surface area contributed by atoms with E-state index in [2.05, 4.69) is 4.98 Å². The minimum Gasteiger partial charge on any atom is -0.300 e. The summed E-state index contributed by atoms with van der Waals surface area (Å²) in [7, 11) is 0. The van der Waals surface area contributed by atoms with Gasteiger partial charge in [-0.1, -0.05) is 17.7 Å². The van der Waals surface area contributed by atoms with E-state index in [1.54, 1.807) is 19.1 Å². The molecule has 0 saturated heterocycles. The molecule has 0 aliphatic rings. The first-order chi connectivity index (χ1) is 8.02. The maximum Gasteiger partial charge on any atom is 0.179 e. The van der Waals surface area contributed by atoms with Crippen molar-refractivity contribution in [2.45, 2.75) is 13.8 Å². The van der Waals surface area contributed by atoms with Crippen LogP contribution in [-0.2, 0) is 0 Å². The molecular formula is C12H10ClFN2O. The van der Waals surface area contributed by atoms with Crippen molar-refractivity contribution in [3.05, 3.63) is 46.8 Å².